The van der Waals surface area contributed by atoms with E-state index in [1.54, 1.807) is 77.9 Å². The normalized spacial score (nSPS) is 12.4. The number of carboxylic acid groups (broad SMARTS) is 1. The number of aliphatic carboxylic acids is 1. The maximum absolute atomic E-state index is 13.4. The lowest BCUT2D eigenvalue weighted by Crippen LogP contribution is -2.43. The van der Waals surface area contributed by atoms with Gasteiger partial charge in [-0.15, -0.1) is 0 Å². The number of hydrogen-bond acceptors (Lipinski definition) is 13. The minimum atomic E-state index is -1.19. The van der Waals surface area contributed by atoms with Gasteiger partial charge in [0.25, 0.3) is 0 Å². The molecule has 0 aliphatic carbocycles. The summed E-state index contributed by atoms with van der Waals surface area (Å²) in [6, 6.07) is 12.0. The number of ketones is 1. The first kappa shape index (κ1) is 53.9. The van der Waals surface area contributed by atoms with Crippen LogP contribution in [0.2, 0.25) is 0 Å². The molecule has 63 heavy (non-hydrogen) atoms. The first-order chi connectivity index (χ1) is 29.8. The summed E-state index contributed by atoms with van der Waals surface area (Å²) in [6.45, 7) is 14.9. The largest absolute Gasteiger partial charge is 0.492 e. The van der Waals surface area contributed by atoms with Gasteiger partial charge in [0.1, 0.15) is 42.0 Å². The highest BCUT2D eigenvalue weighted by molar-refractivity contribution is 5.89. The smallest absolute Gasteiger partial charge is 0.407 e. The Morgan fingerprint density at radius 2 is 1.06 bits per heavy atom. The van der Waals surface area contributed by atoms with Crippen LogP contribution in [0.5, 0.6) is 11.5 Å². The average Bonchev–Trinajstić information content (AvgIpc) is 3.20. The molecule has 3 amide bonds. The Balaban J connectivity index is 1.77. The fourth-order valence-electron chi connectivity index (χ4n) is 5.60. The van der Waals surface area contributed by atoms with E-state index in [9.17, 15) is 33.9 Å². The third kappa shape index (κ3) is 26.7. The Bertz CT molecular complexity index is 1690. The van der Waals surface area contributed by atoms with Gasteiger partial charge < -0.3 is 54.2 Å². The summed E-state index contributed by atoms with van der Waals surface area (Å²) in [4.78, 5) is 74.2. The van der Waals surface area contributed by atoms with Crippen LogP contribution in [0, 0.1) is 0 Å². The van der Waals surface area contributed by atoms with Crippen LogP contribution in [0.4, 0.5) is 4.79 Å². The number of ether oxygens (including phenoxy) is 7. The standard InChI is InChI=1S/C46H69N3O14/c1-8-23-57-25-19-40(51)48-37(31-33-11-17-36(18-12-33)61-30-29-59-27-21-42(53)62-45(2,3)4)39(50)10-9-24-58-26-20-41(52)49-38(43(54)55)32-34-13-15-35(16-14-34)60-28-22-47-44(56)63-46(5,6)7/h11-18,37-38H,8-10,19-32H2,1-7H3,(H,47,56)(H,48,51)(H,49,52)(H,54,55)/t37-,38-/m0/s1. The second-order valence-electron chi connectivity index (χ2n) is 16.6. The van der Waals surface area contributed by atoms with E-state index in [-0.39, 0.29) is 109 Å². The van der Waals surface area contributed by atoms with Crippen molar-refractivity contribution < 1.29 is 67.0 Å². The molecule has 2 rings (SSSR count). The van der Waals surface area contributed by atoms with Crippen LogP contribution in [0.1, 0.15) is 98.1 Å². The average molecular weight is 888 g/mol. The molecule has 0 spiro atoms. The van der Waals surface area contributed by atoms with E-state index < -0.39 is 41.3 Å². The third-order valence-corrected chi connectivity index (χ3v) is 8.50. The molecule has 0 heterocycles. The van der Waals surface area contributed by atoms with Crippen molar-refractivity contribution in [3.8, 4) is 11.5 Å². The number of alkyl carbamates (subject to hydrolysis) is 1. The monoisotopic (exact) mass is 887 g/mol. The van der Waals surface area contributed by atoms with Gasteiger partial charge >= 0.3 is 18.0 Å². The molecule has 0 bridgehead atoms. The number of amides is 3. The fourth-order valence-corrected chi connectivity index (χ4v) is 5.60. The summed E-state index contributed by atoms with van der Waals surface area (Å²) < 4.78 is 38.3. The van der Waals surface area contributed by atoms with Gasteiger partial charge in [0, 0.05) is 38.9 Å². The van der Waals surface area contributed by atoms with Gasteiger partial charge in [-0.2, -0.15) is 0 Å². The Morgan fingerprint density at radius 1 is 0.571 bits per heavy atom. The number of Topliss-reactive ketones (excluding diaryl/α,β-unsaturated/α-hetero) is 1. The highest BCUT2D eigenvalue weighted by Gasteiger charge is 2.23. The number of esters is 1. The molecular weight excluding hydrogens is 819 g/mol. The van der Waals surface area contributed by atoms with E-state index in [1.165, 1.54) is 0 Å². The molecule has 17 heteroatoms. The molecule has 0 saturated carbocycles. The van der Waals surface area contributed by atoms with Crippen LogP contribution in [0.3, 0.4) is 0 Å². The molecule has 2 aromatic rings. The maximum atomic E-state index is 13.4. The van der Waals surface area contributed by atoms with Crippen molar-refractivity contribution in [3.05, 3.63) is 59.7 Å². The predicted octanol–water partition coefficient (Wildman–Crippen LogP) is 5.13. The van der Waals surface area contributed by atoms with Gasteiger partial charge in [-0.1, -0.05) is 31.2 Å². The number of carboxylic acids is 1. The van der Waals surface area contributed by atoms with Crippen molar-refractivity contribution in [3.63, 3.8) is 0 Å². The van der Waals surface area contributed by atoms with Gasteiger partial charge in [0.05, 0.1) is 45.4 Å². The quantitative estimate of drug-likeness (QED) is 0.0570. The number of nitrogens with one attached hydrogen (secondary N) is 3. The van der Waals surface area contributed by atoms with Crippen molar-refractivity contribution in [1.29, 1.82) is 0 Å². The van der Waals surface area contributed by atoms with E-state index in [0.29, 0.717) is 30.1 Å². The van der Waals surface area contributed by atoms with E-state index in [0.717, 1.165) is 12.0 Å². The Hall–Kier alpha value is -5.26. The highest BCUT2D eigenvalue weighted by atomic mass is 16.6. The maximum Gasteiger partial charge on any atom is 0.407 e. The van der Waals surface area contributed by atoms with Crippen molar-refractivity contribution in [2.45, 2.75) is 123 Å². The molecular formula is C46H69N3O14. The second-order valence-corrected chi connectivity index (χ2v) is 16.6. The number of carbonyl (C=O) groups excluding carboxylic acids is 5. The van der Waals surface area contributed by atoms with Gasteiger partial charge in [0.2, 0.25) is 11.8 Å². The van der Waals surface area contributed by atoms with Crippen molar-refractivity contribution in [1.82, 2.24) is 16.0 Å². The lowest BCUT2D eigenvalue weighted by atomic mass is 9.99. The van der Waals surface area contributed by atoms with Crippen molar-refractivity contribution >= 4 is 35.6 Å². The molecule has 0 radical (unpaired) electrons. The fraction of sp³-hybridized carbons (Fsp3) is 0.609. The Morgan fingerprint density at radius 3 is 1.60 bits per heavy atom. The molecule has 0 fully saturated rings. The number of hydrogen-bond donors (Lipinski definition) is 4. The molecule has 17 nitrogen and oxygen atoms in total. The summed E-state index contributed by atoms with van der Waals surface area (Å²) in [7, 11) is 0. The molecule has 0 aliphatic heterocycles. The molecule has 4 N–H and O–H groups in total. The SMILES string of the molecule is CCCOCCC(=O)N[C@@H](Cc1ccc(OCCOCCC(=O)OC(C)(C)C)cc1)C(=O)CCCOCCC(=O)N[C@@H](Cc1ccc(OCCNC(=O)OC(C)(C)C)cc1)C(=O)O. The summed E-state index contributed by atoms with van der Waals surface area (Å²) in [5, 5.41) is 17.7. The van der Waals surface area contributed by atoms with Gasteiger partial charge in [-0.3, -0.25) is 19.2 Å². The zero-order valence-corrected chi connectivity index (χ0v) is 38.0. The first-order valence-corrected chi connectivity index (χ1v) is 21.5. The topological polar surface area (TPSA) is 223 Å². The van der Waals surface area contributed by atoms with Crippen LogP contribution in [-0.4, -0.2) is 123 Å². The van der Waals surface area contributed by atoms with Crippen molar-refractivity contribution in [2.75, 3.05) is 59.4 Å². The molecule has 0 saturated heterocycles. The highest BCUT2D eigenvalue weighted by Crippen LogP contribution is 2.16. The van der Waals surface area contributed by atoms with Gasteiger partial charge in [0.15, 0.2) is 5.78 Å². The zero-order valence-electron chi connectivity index (χ0n) is 38.0. The van der Waals surface area contributed by atoms with E-state index >= 15 is 0 Å². The van der Waals surface area contributed by atoms with E-state index in [4.69, 9.17) is 33.2 Å². The third-order valence-electron chi connectivity index (χ3n) is 8.50. The summed E-state index contributed by atoms with van der Waals surface area (Å²) in [6.07, 6.45) is 1.22. The predicted molar refractivity (Wildman–Crippen MR) is 234 cm³/mol. The zero-order chi connectivity index (χ0) is 46.7. The van der Waals surface area contributed by atoms with Gasteiger partial charge in [-0.25, -0.2) is 9.59 Å². The van der Waals surface area contributed by atoms with Crippen LogP contribution in [0.25, 0.3) is 0 Å². The first-order valence-electron chi connectivity index (χ1n) is 21.5. The summed E-state index contributed by atoms with van der Waals surface area (Å²) in [5.74, 6) is -1.37. The van der Waals surface area contributed by atoms with Gasteiger partial charge in [-0.05, 0) is 96.2 Å². The number of rotatable bonds is 31. The van der Waals surface area contributed by atoms with E-state index in [2.05, 4.69) is 16.0 Å². The van der Waals surface area contributed by atoms with Crippen LogP contribution < -0.4 is 25.4 Å². The van der Waals surface area contributed by atoms with Crippen LogP contribution in [0.15, 0.2) is 48.5 Å². The number of carbonyl (C=O) groups is 6. The van der Waals surface area contributed by atoms with Crippen molar-refractivity contribution in [2.24, 2.45) is 0 Å². The lowest BCUT2D eigenvalue weighted by Gasteiger charge is -2.19. The molecule has 0 aromatic heterocycles. The van der Waals surface area contributed by atoms with Crippen LogP contribution >= 0.6 is 0 Å². The molecule has 2 atom stereocenters. The van der Waals surface area contributed by atoms with E-state index in [1.807, 2.05) is 19.1 Å². The molecule has 352 valence electrons. The molecule has 0 unspecified atom stereocenters. The summed E-state index contributed by atoms with van der Waals surface area (Å²) >= 11 is 0. The summed E-state index contributed by atoms with van der Waals surface area (Å²) in [5.41, 5.74) is 0.327. The molecule has 0 aliphatic rings. The minimum absolute atomic E-state index is 0.0196. The molecule has 2 aromatic carbocycles. The Kier molecular flexibility index (Phi) is 24.9. The lowest BCUT2D eigenvalue weighted by molar-refractivity contribution is -0.156. The van der Waals surface area contributed by atoms with Crippen LogP contribution in [-0.2, 0) is 60.5 Å². The minimum Gasteiger partial charge on any atom is -0.492 e. The Labute approximate surface area is 371 Å². The number of benzene rings is 2. The second kappa shape index (κ2) is 29.2.